The highest BCUT2D eigenvalue weighted by atomic mass is 16.5. The van der Waals surface area contributed by atoms with Gasteiger partial charge in [-0.15, -0.1) is 0 Å². The van der Waals surface area contributed by atoms with Crippen molar-refractivity contribution < 1.29 is 9.47 Å². The van der Waals surface area contributed by atoms with Gasteiger partial charge in [-0.05, 0) is 121 Å². The van der Waals surface area contributed by atoms with Gasteiger partial charge in [0.25, 0.3) is 0 Å². The summed E-state index contributed by atoms with van der Waals surface area (Å²) in [5, 5.41) is 2.35. The molecule has 5 aliphatic rings. The Bertz CT molecular complexity index is 3900. The average molecular weight is 896 g/mol. The average Bonchev–Trinajstić information content (AvgIpc) is 3.87. The molecule has 3 nitrogen and oxygen atoms in total. The van der Waals surface area contributed by atoms with Gasteiger partial charge in [0.2, 0.25) is 0 Å². The molecule has 2 spiro atoms. The standard InChI is InChI=1S/C67H45NO2/c1-42-30-37-56-63(38-42)69-61-28-13-11-24-54(61)66(56)52-22-9-7-20-49(52)50-36-35-48(41-58(50)66)68(47-33-31-44(32-34-47)43-16-3-2-4-17-43)60-27-15-26-57-65(60)51-21-8-10-23-53(51)67(57)55-25-12-14-29-62(55)70-64-40-46-19-6-5-18-45(46)39-59(64)67/h2-37,39-42H,38H2,1H3. The number of benzene rings is 10. The fourth-order valence-corrected chi connectivity index (χ4v) is 13.0. The van der Waals surface area contributed by atoms with E-state index < -0.39 is 10.8 Å². The van der Waals surface area contributed by atoms with E-state index >= 15 is 0 Å². The molecule has 3 heteroatoms. The van der Waals surface area contributed by atoms with Gasteiger partial charge in [-0.2, -0.15) is 0 Å². The van der Waals surface area contributed by atoms with Crippen molar-refractivity contribution in [1.29, 1.82) is 0 Å². The summed E-state index contributed by atoms with van der Waals surface area (Å²) in [6, 6.07) is 82.8. The maximum absolute atomic E-state index is 6.93. The smallest absolute Gasteiger partial charge is 0.132 e. The normalized spacial score (nSPS) is 19.2. The Morgan fingerprint density at radius 3 is 1.79 bits per heavy atom. The van der Waals surface area contributed by atoms with Crippen LogP contribution in [-0.2, 0) is 10.8 Å². The minimum absolute atomic E-state index is 0.373. The number of nitrogens with zero attached hydrogens (tertiary/aromatic N) is 1. The molecule has 3 unspecified atom stereocenters. The molecule has 10 aromatic carbocycles. The zero-order valence-electron chi connectivity index (χ0n) is 38.6. The van der Waals surface area contributed by atoms with Crippen LogP contribution in [-0.4, -0.2) is 0 Å². The Hall–Kier alpha value is -8.66. The molecule has 0 fully saturated rings. The second-order valence-electron chi connectivity index (χ2n) is 19.5. The molecule has 0 aromatic heterocycles. The largest absolute Gasteiger partial charge is 0.461 e. The van der Waals surface area contributed by atoms with Crippen LogP contribution in [0.2, 0.25) is 0 Å². The lowest BCUT2D eigenvalue weighted by atomic mass is 9.64. The quantitative estimate of drug-likeness (QED) is 0.176. The van der Waals surface area contributed by atoms with E-state index in [1.807, 2.05) is 0 Å². The number of hydrogen-bond acceptors (Lipinski definition) is 3. The molecule has 0 radical (unpaired) electrons. The number of anilines is 3. The SMILES string of the molecule is CC1C=CC2=C(C1)Oc1ccccc1C21c2ccccc2-c2ccc(N(c3ccc(-c4ccccc4)cc3)c3cccc4c3-c3ccccc3C43c4ccccc4Oc4cc5ccccc5cc43)cc21. The van der Waals surface area contributed by atoms with Crippen molar-refractivity contribution in [2.24, 2.45) is 5.92 Å². The van der Waals surface area contributed by atoms with Crippen molar-refractivity contribution in [2.75, 3.05) is 4.90 Å². The highest BCUT2D eigenvalue weighted by molar-refractivity contribution is 6.00. The molecular weight excluding hydrogens is 851 g/mol. The maximum atomic E-state index is 6.93. The zero-order chi connectivity index (χ0) is 46.1. The highest BCUT2D eigenvalue weighted by Gasteiger charge is 2.54. The topological polar surface area (TPSA) is 21.7 Å². The van der Waals surface area contributed by atoms with Gasteiger partial charge >= 0.3 is 0 Å². The molecule has 0 saturated carbocycles. The van der Waals surface area contributed by atoms with Gasteiger partial charge in [-0.1, -0.05) is 189 Å². The summed E-state index contributed by atoms with van der Waals surface area (Å²) in [5.41, 5.74) is 19.1. The summed E-state index contributed by atoms with van der Waals surface area (Å²) >= 11 is 0. The molecule has 0 amide bonds. The fourth-order valence-electron chi connectivity index (χ4n) is 13.0. The molecule has 2 aliphatic heterocycles. The molecule has 0 bridgehead atoms. The lowest BCUT2D eigenvalue weighted by molar-refractivity contribution is 0.348. The Balaban J connectivity index is 1.02. The molecule has 2 heterocycles. The number of hydrogen-bond donors (Lipinski definition) is 0. The second-order valence-corrected chi connectivity index (χ2v) is 19.5. The Labute approximate surface area is 407 Å². The van der Waals surface area contributed by atoms with Crippen molar-refractivity contribution in [3.63, 3.8) is 0 Å². The van der Waals surface area contributed by atoms with Gasteiger partial charge < -0.3 is 14.4 Å². The molecular formula is C67H45NO2. The third-order valence-electron chi connectivity index (χ3n) is 15.9. The van der Waals surface area contributed by atoms with E-state index in [1.54, 1.807) is 0 Å². The number of para-hydroxylation sites is 2. The number of fused-ring (bicyclic) bond motifs is 18. The van der Waals surface area contributed by atoms with Gasteiger partial charge in [0.15, 0.2) is 0 Å². The predicted octanol–water partition coefficient (Wildman–Crippen LogP) is 17.0. The molecule has 10 aromatic rings. The third kappa shape index (κ3) is 5.24. The van der Waals surface area contributed by atoms with Crippen LogP contribution in [0.3, 0.4) is 0 Å². The van der Waals surface area contributed by atoms with Crippen molar-refractivity contribution in [3.05, 3.63) is 287 Å². The first-order valence-electron chi connectivity index (χ1n) is 24.5. The zero-order valence-corrected chi connectivity index (χ0v) is 38.6. The van der Waals surface area contributed by atoms with E-state index in [9.17, 15) is 0 Å². The molecule has 0 saturated heterocycles. The summed E-state index contributed by atoms with van der Waals surface area (Å²) in [7, 11) is 0. The van der Waals surface area contributed by atoms with Gasteiger partial charge in [-0.3, -0.25) is 0 Å². The van der Waals surface area contributed by atoms with Crippen LogP contribution in [0.1, 0.15) is 52.3 Å². The van der Waals surface area contributed by atoms with E-state index in [2.05, 4.69) is 248 Å². The number of rotatable bonds is 4. The monoisotopic (exact) mass is 895 g/mol. The van der Waals surface area contributed by atoms with Crippen LogP contribution in [0.5, 0.6) is 17.2 Å². The molecule has 3 atom stereocenters. The second kappa shape index (κ2) is 14.7. The van der Waals surface area contributed by atoms with Crippen LogP contribution in [0, 0.1) is 5.92 Å². The first-order chi connectivity index (χ1) is 34.6. The summed E-state index contributed by atoms with van der Waals surface area (Å²) in [4.78, 5) is 2.52. The maximum Gasteiger partial charge on any atom is 0.132 e. The lowest BCUT2D eigenvalue weighted by Gasteiger charge is -2.42. The highest BCUT2D eigenvalue weighted by Crippen LogP contribution is 2.66. The van der Waals surface area contributed by atoms with Gasteiger partial charge in [0, 0.05) is 45.6 Å². The van der Waals surface area contributed by atoms with Gasteiger partial charge in [-0.25, -0.2) is 0 Å². The summed E-state index contributed by atoms with van der Waals surface area (Å²) in [6.07, 6.45) is 5.59. The lowest BCUT2D eigenvalue weighted by Crippen LogP contribution is -2.35. The van der Waals surface area contributed by atoms with E-state index in [4.69, 9.17) is 9.47 Å². The number of allylic oxidation sites excluding steroid dienone is 4. The van der Waals surface area contributed by atoms with Crippen molar-refractivity contribution in [3.8, 4) is 50.6 Å². The van der Waals surface area contributed by atoms with Crippen LogP contribution in [0.15, 0.2) is 248 Å². The first-order valence-corrected chi connectivity index (χ1v) is 24.5. The van der Waals surface area contributed by atoms with Crippen molar-refractivity contribution in [1.82, 2.24) is 0 Å². The molecule has 70 heavy (non-hydrogen) atoms. The minimum atomic E-state index is -0.651. The fraction of sp³-hybridized carbons (Fsp3) is 0.0746. The Morgan fingerprint density at radius 1 is 0.414 bits per heavy atom. The van der Waals surface area contributed by atoms with Crippen molar-refractivity contribution >= 4 is 27.8 Å². The van der Waals surface area contributed by atoms with Crippen LogP contribution >= 0.6 is 0 Å². The molecule has 15 rings (SSSR count). The summed E-state index contributed by atoms with van der Waals surface area (Å²) in [5.74, 6) is 4.13. The van der Waals surface area contributed by atoms with E-state index in [0.717, 1.165) is 63.0 Å². The van der Waals surface area contributed by atoms with Crippen molar-refractivity contribution in [2.45, 2.75) is 24.2 Å². The van der Waals surface area contributed by atoms with Crippen LogP contribution < -0.4 is 14.4 Å². The van der Waals surface area contributed by atoms with Gasteiger partial charge in [0.05, 0.1) is 16.5 Å². The first kappa shape index (κ1) is 39.3. The number of ether oxygens (including phenoxy) is 2. The minimum Gasteiger partial charge on any atom is -0.461 e. The summed E-state index contributed by atoms with van der Waals surface area (Å²) in [6.45, 7) is 2.28. The third-order valence-corrected chi connectivity index (χ3v) is 15.9. The van der Waals surface area contributed by atoms with Crippen LogP contribution in [0.4, 0.5) is 17.1 Å². The summed E-state index contributed by atoms with van der Waals surface area (Å²) < 4.78 is 13.8. The molecule has 0 N–H and O–H groups in total. The van der Waals surface area contributed by atoms with E-state index in [1.165, 1.54) is 72.2 Å². The molecule has 330 valence electrons. The molecule has 3 aliphatic carbocycles. The van der Waals surface area contributed by atoms with E-state index in [-0.39, 0.29) is 0 Å². The van der Waals surface area contributed by atoms with Gasteiger partial charge in [0.1, 0.15) is 23.0 Å². The van der Waals surface area contributed by atoms with E-state index in [0.29, 0.717) is 5.92 Å². The predicted molar refractivity (Wildman–Crippen MR) is 284 cm³/mol. The van der Waals surface area contributed by atoms with Crippen LogP contribution in [0.25, 0.3) is 44.2 Å². The Kier molecular flexibility index (Phi) is 8.25. The Morgan fingerprint density at radius 2 is 1.00 bits per heavy atom.